The van der Waals surface area contributed by atoms with Gasteiger partial charge in [-0.1, -0.05) is 36.6 Å². The molecule has 0 spiro atoms. The van der Waals surface area contributed by atoms with Gasteiger partial charge in [0.25, 0.3) is 0 Å². The van der Waals surface area contributed by atoms with Crippen LogP contribution in [0.5, 0.6) is 0 Å². The molecular weight excluding hydrogens is 225 g/mol. The van der Waals surface area contributed by atoms with E-state index in [4.69, 9.17) is 11.6 Å². The molecule has 0 aliphatic heterocycles. The molecule has 1 atom stereocenters. The van der Waals surface area contributed by atoms with E-state index >= 15 is 0 Å². The third-order valence-corrected chi connectivity index (χ3v) is 3.62. The molecule has 0 N–H and O–H groups in total. The summed E-state index contributed by atoms with van der Waals surface area (Å²) in [5.41, 5.74) is 0.460. The van der Waals surface area contributed by atoms with Crippen molar-refractivity contribution in [1.29, 1.82) is 5.26 Å². The van der Waals surface area contributed by atoms with Gasteiger partial charge < -0.3 is 0 Å². The smallest absolute Gasteiger partial charge is 0.146 e. The molecular formula is C13H13ClFN. The van der Waals surface area contributed by atoms with Gasteiger partial charge in [0.05, 0.1) is 17.0 Å². The third-order valence-electron chi connectivity index (χ3n) is 3.33. The van der Waals surface area contributed by atoms with Crippen LogP contribution in [0.3, 0.4) is 0 Å². The fourth-order valence-corrected chi connectivity index (χ4v) is 2.66. The van der Waals surface area contributed by atoms with Gasteiger partial charge in [-0.2, -0.15) is 5.26 Å². The lowest BCUT2D eigenvalue weighted by molar-refractivity contribution is 0.481. The van der Waals surface area contributed by atoms with Gasteiger partial charge in [0.1, 0.15) is 5.82 Å². The molecule has 1 fully saturated rings. The Hall–Kier alpha value is -1.07. The summed E-state index contributed by atoms with van der Waals surface area (Å²) in [6, 6.07) is 7.13. The fourth-order valence-electron chi connectivity index (χ4n) is 2.48. The number of nitriles is 1. The molecule has 1 aromatic carbocycles. The summed E-state index contributed by atoms with van der Waals surface area (Å²) < 4.78 is 13.8. The molecule has 0 saturated heterocycles. The Labute approximate surface area is 99.8 Å². The molecule has 3 heteroatoms. The van der Waals surface area contributed by atoms with Gasteiger partial charge in [0.15, 0.2) is 0 Å². The minimum atomic E-state index is -0.428. The molecule has 0 heterocycles. The highest BCUT2D eigenvalue weighted by Crippen LogP contribution is 2.38. The second-order valence-corrected chi connectivity index (χ2v) is 4.70. The van der Waals surface area contributed by atoms with Gasteiger partial charge >= 0.3 is 0 Å². The van der Waals surface area contributed by atoms with Gasteiger partial charge in [-0.3, -0.25) is 0 Å². The highest BCUT2D eigenvalue weighted by atomic mass is 35.5. The van der Waals surface area contributed by atoms with E-state index in [9.17, 15) is 9.65 Å². The largest absolute Gasteiger partial charge is 0.205 e. The molecule has 1 aliphatic carbocycles. The lowest BCUT2D eigenvalue weighted by Gasteiger charge is -2.17. The van der Waals surface area contributed by atoms with Crippen LogP contribution in [-0.4, -0.2) is 0 Å². The van der Waals surface area contributed by atoms with Crippen LogP contribution in [0.25, 0.3) is 0 Å². The van der Waals surface area contributed by atoms with Crippen LogP contribution >= 0.6 is 11.6 Å². The number of benzene rings is 1. The Kier molecular flexibility index (Phi) is 3.46. The normalized spacial score (nSPS) is 18.3. The molecule has 2 rings (SSSR count). The summed E-state index contributed by atoms with van der Waals surface area (Å²) in [6.45, 7) is 0. The first-order valence-corrected chi connectivity index (χ1v) is 5.95. The average molecular weight is 238 g/mol. The molecule has 1 unspecified atom stereocenters. The van der Waals surface area contributed by atoms with Crippen LogP contribution in [0.2, 0.25) is 5.02 Å². The highest BCUT2D eigenvalue weighted by molar-refractivity contribution is 6.30. The number of hydrogen-bond acceptors (Lipinski definition) is 1. The van der Waals surface area contributed by atoms with Crippen molar-refractivity contribution in [3.05, 3.63) is 34.6 Å². The van der Waals surface area contributed by atoms with Crippen molar-refractivity contribution in [2.75, 3.05) is 0 Å². The van der Waals surface area contributed by atoms with E-state index in [1.165, 1.54) is 6.07 Å². The van der Waals surface area contributed by atoms with Gasteiger partial charge in [0, 0.05) is 5.56 Å². The van der Waals surface area contributed by atoms with E-state index in [1.54, 1.807) is 12.1 Å². The third kappa shape index (κ3) is 2.05. The maximum atomic E-state index is 13.8. The van der Waals surface area contributed by atoms with Crippen LogP contribution in [0, 0.1) is 23.1 Å². The molecule has 1 aliphatic rings. The van der Waals surface area contributed by atoms with Crippen LogP contribution in [0.1, 0.15) is 37.2 Å². The highest BCUT2D eigenvalue weighted by Gasteiger charge is 2.28. The van der Waals surface area contributed by atoms with Crippen molar-refractivity contribution in [2.45, 2.75) is 31.6 Å². The molecule has 0 radical (unpaired) electrons. The average Bonchev–Trinajstić information content (AvgIpc) is 2.79. The van der Waals surface area contributed by atoms with Crippen molar-refractivity contribution in [3.8, 4) is 6.07 Å². The summed E-state index contributed by atoms with van der Waals surface area (Å²) in [7, 11) is 0. The number of nitrogens with zero attached hydrogens (tertiary/aromatic N) is 1. The van der Waals surface area contributed by atoms with E-state index in [2.05, 4.69) is 6.07 Å². The Morgan fingerprint density at radius 2 is 2.06 bits per heavy atom. The first-order valence-electron chi connectivity index (χ1n) is 5.57. The second-order valence-electron chi connectivity index (χ2n) is 4.29. The molecule has 16 heavy (non-hydrogen) atoms. The zero-order valence-electron chi connectivity index (χ0n) is 8.92. The summed E-state index contributed by atoms with van der Waals surface area (Å²) in [5.74, 6) is -0.484. The van der Waals surface area contributed by atoms with E-state index in [1.807, 2.05) is 0 Å². The number of hydrogen-bond donors (Lipinski definition) is 0. The van der Waals surface area contributed by atoms with Crippen LogP contribution < -0.4 is 0 Å². The topological polar surface area (TPSA) is 23.8 Å². The van der Waals surface area contributed by atoms with Crippen molar-refractivity contribution >= 4 is 11.6 Å². The quantitative estimate of drug-likeness (QED) is 0.753. The Bertz CT molecular complexity index is 418. The van der Waals surface area contributed by atoms with Crippen molar-refractivity contribution < 1.29 is 4.39 Å². The van der Waals surface area contributed by atoms with Gasteiger partial charge in [0.2, 0.25) is 0 Å². The summed E-state index contributed by atoms with van der Waals surface area (Å²) in [4.78, 5) is 0. The second kappa shape index (κ2) is 4.84. The van der Waals surface area contributed by atoms with E-state index in [0.717, 1.165) is 25.7 Å². The van der Waals surface area contributed by atoms with Crippen LogP contribution in [0.4, 0.5) is 4.39 Å². The predicted molar refractivity (Wildman–Crippen MR) is 61.7 cm³/mol. The molecule has 1 aromatic rings. The first kappa shape index (κ1) is 11.4. The molecule has 0 aromatic heterocycles. The van der Waals surface area contributed by atoms with Gasteiger partial charge in [-0.05, 0) is 24.8 Å². The van der Waals surface area contributed by atoms with Crippen molar-refractivity contribution in [2.24, 2.45) is 5.92 Å². The maximum Gasteiger partial charge on any atom is 0.146 e. The lowest BCUT2D eigenvalue weighted by atomic mass is 9.86. The molecule has 84 valence electrons. The van der Waals surface area contributed by atoms with E-state index < -0.39 is 5.82 Å². The minimum Gasteiger partial charge on any atom is -0.205 e. The Morgan fingerprint density at radius 1 is 1.38 bits per heavy atom. The fraction of sp³-hybridized carbons (Fsp3) is 0.462. The van der Waals surface area contributed by atoms with E-state index in [0.29, 0.717) is 5.56 Å². The molecule has 1 saturated carbocycles. The lowest BCUT2D eigenvalue weighted by Crippen LogP contribution is -2.09. The molecule has 1 nitrogen and oxygen atoms in total. The summed E-state index contributed by atoms with van der Waals surface area (Å²) in [5, 5.41) is 9.30. The van der Waals surface area contributed by atoms with Gasteiger partial charge in [-0.15, -0.1) is 0 Å². The number of rotatable bonds is 2. The van der Waals surface area contributed by atoms with Crippen molar-refractivity contribution in [1.82, 2.24) is 0 Å². The maximum absolute atomic E-state index is 13.8. The zero-order chi connectivity index (χ0) is 11.5. The Balaban J connectivity index is 2.33. The van der Waals surface area contributed by atoms with Crippen LogP contribution in [-0.2, 0) is 0 Å². The summed E-state index contributed by atoms with van der Waals surface area (Å²) in [6.07, 6.45) is 4.32. The standard InChI is InChI=1S/C13H13ClFN/c14-12-7-3-6-10(13(12)15)11(8-16)9-4-1-2-5-9/h3,6-7,9,11H,1-2,4-5H2. The monoisotopic (exact) mass is 237 g/mol. The first-order chi connectivity index (χ1) is 7.74. The summed E-state index contributed by atoms with van der Waals surface area (Å²) >= 11 is 5.74. The molecule has 0 bridgehead atoms. The van der Waals surface area contributed by atoms with E-state index in [-0.39, 0.29) is 16.9 Å². The minimum absolute atomic E-state index is 0.107. The van der Waals surface area contributed by atoms with Crippen LogP contribution in [0.15, 0.2) is 18.2 Å². The molecule has 0 amide bonds. The SMILES string of the molecule is N#CC(c1cccc(Cl)c1F)C1CCCC1. The zero-order valence-corrected chi connectivity index (χ0v) is 9.67. The van der Waals surface area contributed by atoms with Crippen molar-refractivity contribution in [3.63, 3.8) is 0 Å². The Morgan fingerprint density at radius 3 is 2.69 bits per heavy atom. The number of halogens is 2. The predicted octanol–water partition coefficient (Wildman–Crippen LogP) is 4.28. The van der Waals surface area contributed by atoms with Gasteiger partial charge in [-0.25, -0.2) is 4.39 Å².